The van der Waals surface area contributed by atoms with Crippen LogP contribution in [0.4, 0.5) is 5.69 Å². The number of anilines is 1. The lowest BCUT2D eigenvalue weighted by atomic mass is 10.2. The lowest BCUT2D eigenvalue weighted by molar-refractivity contribution is -0.121. The number of benzene rings is 1. The fourth-order valence-electron chi connectivity index (χ4n) is 4.35. The molecule has 2 saturated heterocycles. The summed E-state index contributed by atoms with van der Waals surface area (Å²) in [7, 11) is -3.61. The van der Waals surface area contributed by atoms with Gasteiger partial charge in [0.25, 0.3) is 0 Å². The van der Waals surface area contributed by atoms with Gasteiger partial charge >= 0.3 is 0 Å². The number of carbonyl (C=O) groups is 1. The maximum absolute atomic E-state index is 13.0. The number of nitrogens with one attached hydrogen (secondary N) is 1. The van der Waals surface area contributed by atoms with Crippen LogP contribution in [0.3, 0.4) is 0 Å². The van der Waals surface area contributed by atoms with Crippen LogP contribution in [0.25, 0.3) is 0 Å². The zero-order valence-corrected chi connectivity index (χ0v) is 20.4. The van der Waals surface area contributed by atoms with Crippen molar-refractivity contribution in [2.75, 3.05) is 44.6 Å². The van der Waals surface area contributed by atoms with Crippen LogP contribution in [0.2, 0.25) is 5.02 Å². The number of hydrogen-bond donors (Lipinski definition) is 1. The van der Waals surface area contributed by atoms with E-state index in [0.717, 1.165) is 57.7 Å². The highest BCUT2D eigenvalue weighted by Crippen LogP contribution is 2.28. The number of halogens is 1. The van der Waals surface area contributed by atoms with E-state index >= 15 is 0 Å². The number of piperidine rings is 1. The van der Waals surface area contributed by atoms with Crippen molar-refractivity contribution < 1.29 is 17.6 Å². The van der Waals surface area contributed by atoms with Gasteiger partial charge in [-0.05, 0) is 50.1 Å². The molecule has 1 N–H and O–H groups in total. The first-order valence-corrected chi connectivity index (χ1v) is 13.3. The van der Waals surface area contributed by atoms with E-state index in [9.17, 15) is 13.2 Å². The molecule has 2 aromatic rings. The van der Waals surface area contributed by atoms with Gasteiger partial charge in [0.05, 0.1) is 34.5 Å². The number of sulfonamides is 1. The largest absolute Gasteiger partial charge is 0.468 e. The molecule has 1 aromatic heterocycles. The van der Waals surface area contributed by atoms with E-state index in [1.807, 2.05) is 19.1 Å². The summed E-state index contributed by atoms with van der Waals surface area (Å²) in [6, 6.07) is 7.99. The Morgan fingerprint density at radius 1 is 1.09 bits per heavy atom. The maximum atomic E-state index is 13.0. The van der Waals surface area contributed by atoms with Gasteiger partial charge in [-0.2, -0.15) is 4.31 Å². The zero-order chi connectivity index (χ0) is 23.4. The first-order valence-electron chi connectivity index (χ1n) is 11.4. The van der Waals surface area contributed by atoms with Crippen LogP contribution in [-0.4, -0.2) is 73.7 Å². The lowest BCUT2D eigenvalue weighted by Crippen LogP contribution is -2.52. The number of piperazine rings is 1. The van der Waals surface area contributed by atoms with Gasteiger partial charge in [-0.1, -0.05) is 18.0 Å². The first kappa shape index (κ1) is 24.2. The van der Waals surface area contributed by atoms with Crippen molar-refractivity contribution in [3.63, 3.8) is 0 Å². The van der Waals surface area contributed by atoms with E-state index in [2.05, 4.69) is 15.1 Å². The van der Waals surface area contributed by atoms with Crippen molar-refractivity contribution >= 4 is 33.2 Å². The molecule has 0 unspecified atom stereocenters. The summed E-state index contributed by atoms with van der Waals surface area (Å²) < 4.78 is 33.0. The Morgan fingerprint density at radius 2 is 1.82 bits per heavy atom. The normalized spacial score (nSPS) is 19.9. The van der Waals surface area contributed by atoms with E-state index in [4.69, 9.17) is 16.0 Å². The van der Waals surface area contributed by atoms with E-state index in [1.54, 1.807) is 6.26 Å². The van der Waals surface area contributed by atoms with Gasteiger partial charge in [-0.15, -0.1) is 0 Å². The van der Waals surface area contributed by atoms with Gasteiger partial charge in [0.2, 0.25) is 15.9 Å². The van der Waals surface area contributed by atoms with Crippen molar-refractivity contribution in [1.82, 2.24) is 14.1 Å². The molecule has 10 heteroatoms. The van der Waals surface area contributed by atoms with Crippen LogP contribution in [-0.2, 0) is 21.4 Å². The monoisotopic (exact) mass is 494 g/mol. The number of nitrogens with zero attached hydrogens (tertiary/aromatic N) is 3. The molecule has 2 fully saturated rings. The molecule has 1 aromatic carbocycles. The van der Waals surface area contributed by atoms with E-state index in [1.165, 1.54) is 22.5 Å². The molecule has 1 atom stereocenters. The summed E-state index contributed by atoms with van der Waals surface area (Å²) in [4.78, 5) is 17.5. The third kappa shape index (κ3) is 5.78. The molecular formula is C23H31ClN4O4S. The third-order valence-corrected chi connectivity index (χ3v) is 8.67. The van der Waals surface area contributed by atoms with Gasteiger partial charge in [0.15, 0.2) is 0 Å². The molecule has 180 valence electrons. The van der Waals surface area contributed by atoms with Gasteiger partial charge in [-0.3, -0.25) is 14.6 Å². The fourth-order valence-corrected chi connectivity index (χ4v) is 6.06. The van der Waals surface area contributed by atoms with Crippen LogP contribution in [0, 0.1) is 0 Å². The summed E-state index contributed by atoms with van der Waals surface area (Å²) in [6.07, 6.45) is 4.45. The van der Waals surface area contributed by atoms with Crippen molar-refractivity contribution in [3.05, 3.63) is 47.4 Å². The smallest absolute Gasteiger partial charge is 0.243 e. The number of amides is 1. The summed E-state index contributed by atoms with van der Waals surface area (Å²) in [5.74, 6) is 0.729. The molecule has 3 heterocycles. The third-order valence-electron chi connectivity index (χ3n) is 6.44. The predicted octanol–water partition coefficient (Wildman–Crippen LogP) is 3.25. The highest BCUT2D eigenvalue weighted by atomic mass is 35.5. The van der Waals surface area contributed by atoms with Crippen molar-refractivity contribution in [3.8, 4) is 0 Å². The lowest BCUT2D eigenvalue weighted by Gasteiger charge is -2.37. The molecule has 8 nitrogen and oxygen atoms in total. The zero-order valence-electron chi connectivity index (χ0n) is 18.9. The van der Waals surface area contributed by atoms with Crippen molar-refractivity contribution in [2.45, 2.75) is 43.7 Å². The molecule has 1 amide bonds. The Bertz CT molecular complexity index is 1050. The molecule has 0 bridgehead atoms. The second-order valence-corrected chi connectivity index (χ2v) is 11.0. The Balaban J connectivity index is 1.37. The quantitative estimate of drug-likeness (QED) is 0.636. The minimum absolute atomic E-state index is 0.156. The number of carbonyl (C=O) groups excluding carboxylic acids is 1. The minimum atomic E-state index is -3.61. The van der Waals surface area contributed by atoms with Crippen LogP contribution >= 0.6 is 11.6 Å². The van der Waals surface area contributed by atoms with E-state index < -0.39 is 10.0 Å². The van der Waals surface area contributed by atoms with Crippen LogP contribution < -0.4 is 5.32 Å². The van der Waals surface area contributed by atoms with E-state index in [-0.39, 0.29) is 16.8 Å². The Labute approximate surface area is 200 Å². The topological polar surface area (TPSA) is 86.1 Å². The number of hydrogen-bond acceptors (Lipinski definition) is 6. The summed E-state index contributed by atoms with van der Waals surface area (Å²) in [5.41, 5.74) is 0.322. The van der Waals surface area contributed by atoms with Gasteiger partial charge in [0, 0.05) is 39.3 Å². The predicted molar refractivity (Wildman–Crippen MR) is 128 cm³/mol. The average molecular weight is 495 g/mol. The number of furan rings is 1. The van der Waals surface area contributed by atoms with Gasteiger partial charge < -0.3 is 9.73 Å². The van der Waals surface area contributed by atoms with E-state index in [0.29, 0.717) is 23.8 Å². The highest BCUT2D eigenvalue weighted by molar-refractivity contribution is 7.89. The Kier molecular flexibility index (Phi) is 7.76. The second kappa shape index (κ2) is 10.6. The summed E-state index contributed by atoms with van der Waals surface area (Å²) in [5, 5.41) is 3.16. The first-order chi connectivity index (χ1) is 15.8. The molecule has 0 radical (unpaired) electrons. The Hall–Kier alpha value is -1.91. The van der Waals surface area contributed by atoms with Crippen LogP contribution in [0.15, 0.2) is 45.9 Å². The van der Waals surface area contributed by atoms with Crippen molar-refractivity contribution in [2.24, 2.45) is 0 Å². The number of rotatable bonds is 7. The summed E-state index contributed by atoms with van der Waals surface area (Å²) >= 11 is 6.30. The molecule has 33 heavy (non-hydrogen) atoms. The standard InChI is InChI=1S/C23H31ClN4O4S/c1-18(27-13-11-26(12-14-27)17-19-6-5-15-32-19)23(29)25-22-16-20(7-8-21(22)24)33(30,31)28-9-3-2-4-10-28/h5-8,15-16,18H,2-4,9-14,17H2,1H3,(H,25,29)/t18-/m1/s1. The van der Waals surface area contributed by atoms with Gasteiger partial charge in [0.1, 0.15) is 5.76 Å². The maximum Gasteiger partial charge on any atom is 0.243 e. The molecular weight excluding hydrogens is 464 g/mol. The van der Waals surface area contributed by atoms with Gasteiger partial charge in [-0.25, -0.2) is 8.42 Å². The minimum Gasteiger partial charge on any atom is -0.468 e. The molecule has 0 saturated carbocycles. The Morgan fingerprint density at radius 3 is 2.48 bits per heavy atom. The SMILES string of the molecule is C[C@H](C(=O)Nc1cc(S(=O)(=O)N2CCCCC2)ccc1Cl)N1CCN(Cc2ccco2)CC1. The average Bonchev–Trinajstić information content (AvgIpc) is 3.34. The highest BCUT2D eigenvalue weighted by Gasteiger charge is 2.29. The molecule has 2 aliphatic rings. The second-order valence-electron chi connectivity index (χ2n) is 8.66. The van der Waals surface area contributed by atoms with Crippen LogP contribution in [0.1, 0.15) is 31.9 Å². The van der Waals surface area contributed by atoms with Crippen LogP contribution in [0.5, 0.6) is 0 Å². The molecule has 4 rings (SSSR count). The molecule has 0 aliphatic carbocycles. The molecule has 2 aliphatic heterocycles. The molecule has 0 spiro atoms. The summed E-state index contributed by atoms with van der Waals surface area (Å²) in [6.45, 7) is 6.85. The van der Waals surface area contributed by atoms with Crippen molar-refractivity contribution in [1.29, 1.82) is 0 Å². The fraction of sp³-hybridized carbons (Fsp3) is 0.522.